The molecule has 6 heteroatoms. The van der Waals surface area contributed by atoms with Crippen molar-refractivity contribution in [3.8, 4) is 11.1 Å². The number of aryl methyl sites for hydroxylation is 1. The molecule has 0 aliphatic carbocycles. The Balaban J connectivity index is 1.74. The van der Waals surface area contributed by atoms with Crippen molar-refractivity contribution in [2.24, 2.45) is 0 Å². The van der Waals surface area contributed by atoms with Gasteiger partial charge in [-0.05, 0) is 43.2 Å². The van der Waals surface area contributed by atoms with Crippen LogP contribution in [-0.2, 0) is 17.8 Å². The van der Waals surface area contributed by atoms with Gasteiger partial charge in [0.1, 0.15) is 11.6 Å². The molecule has 3 aromatic rings. The van der Waals surface area contributed by atoms with Crippen LogP contribution in [0.5, 0.6) is 0 Å². The molecule has 136 valence electrons. The minimum atomic E-state index is -0.615. The van der Waals surface area contributed by atoms with Gasteiger partial charge in [-0.25, -0.2) is 8.78 Å². The molecule has 0 spiro atoms. The molecule has 0 saturated heterocycles. The molecule has 0 saturated carbocycles. The van der Waals surface area contributed by atoms with Gasteiger partial charge in [0.15, 0.2) is 0 Å². The Hall–Kier alpha value is -3.15. The van der Waals surface area contributed by atoms with Crippen molar-refractivity contribution in [2.45, 2.75) is 26.8 Å². The normalized spacial score (nSPS) is 13.2. The van der Waals surface area contributed by atoms with Crippen molar-refractivity contribution < 1.29 is 13.6 Å². The smallest absolute Gasteiger partial charge is 0.233 e. The number of aromatic nitrogens is 2. The van der Waals surface area contributed by atoms with Gasteiger partial charge in [-0.1, -0.05) is 6.07 Å². The van der Waals surface area contributed by atoms with Crippen LogP contribution in [0.4, 0.5) is 14.5 Å². The van der Waals surface area contributed by atoms with Crippen molar-refractivity contribution in [1.29, 1.82) is 0 Å². The maximum absolute atomic E-state index is 14.5. The zero-order valence-electron chi connectivity index (χ0n) is 15.0. The Labute approximate surface area is 155 Å². The summed E-state index contributed by atoms with van der Waals surface area (Å²) in [4.78, 5) is 22.6. The standard InChI is InChI=1S/C21H17F2N3O/c1-12-5-14(9-24-8-12)11-26-19-6-15(10-25-18(19)7-20(26)27)16-3-4-17(22)13(2)21(16)23/h3-6,8-10H,7,11H2,1-2H3. The fourth-order valence-corrected chi connectivity index (χ4v) is 3.32. The van der Waals surface area contributed by atoms with Crippen LogP contribution in [0.25, 0.3) is 11.1 Å². The fourth-order valence-electron chi connectivity index (χ4n) is 3.32. The Morgan fingerprint density at radius 2 is 1.93 bits per heavy atom. The minimum Gasteiger partial charge on any atom is -0.306 e. The van der Waals surface area contributed by atoms with Crippen LogP contribution in [-0.4, -0.2) is 15.9 Å². The lowest BCUT2D eigenvalue weighted by atomic mass is 10.0. The number of amides is 1. The number of halogens is 2. The van der Waals surface area contributed by atoms with E-state index in [4.69, 9.17) is 0 Å². The van der Waals surface area contributed by atoms with Gasteiger partial charge in [-0.3, -0.25) is 14.8 Å². The zero-order chi connectivity index (χ0) is 19.1. The topological polar surface area (TPSA) is 46.1 Å². The highest BCUT2D eigenvalue weighted by atomic mass is 19.1. The van der Waals surface area contributed by atoms with Gasteiger partial charge in [-0.2, -0.15) is 0 Å². The maximum Gasteiger partial charge on any atom is 0.233 e. The van der Waals surface area contributed by atoms with E-state index in [-0.39, 0.29) is 23.5 Å². The summed E-state index contributed by atoms with van der Waals surface area (Å²) in [7, 11) is 0. The van der Waals surface area contributed by atoms with Crippen molar-refractivity contribution >= 4 is 11.6 Å². The minimum absolute atomic E-state index is 0.0354. The van der Waals surface area contributed by atoms with E-state index < -0.39 is 11.6 Å². The molecule has 27 heavy (non-hydrogen) atoms. The number of anilines is 1. The van der Waals surface area contributed by atoms with E-state index in [1.54, 1.807) is 23.4 Å². The molecule has 0 N–H and O–H groups in total. The second kappa shape index (κ2) is 6.54. The lowest BCUT2D eigenvalue weighted by Gasteiger charge is -2.18. The largest absolute Gasteiger partial charge is 0.306 e. The molecule has 1 amide bonds. The molecule has 4 rings (SSSR count). The average molecular weight is 365 g/mol. The number of benzene rings is 1. The first-order chi connectivity index (χ1) is 12.9. The van der Waals surface area contributed by atoms with E-state index in [1.165, 1.54) is 25.3 Å². The van der Waals surface area contributed by atoms with Crippen LogP contribution < -0.4 is 4.90 Å². The van der Waals surface area contributed by atoms with Gasteiger partial charge in [0.2, 0.25) is 5.91 Å². The van der Waals surface area contributed by atoms with E-state index in [2.05, 4.69) is 9.97 Å². The van der Waals surface area contributed by atoms with Gasteiger partial charge in [0.25, 0.3) is 0 Å². The van der Waals surface area contributed by atoms with E-state index in [0.717, 1.165) is 11.1 Å². The molecule has 2 aromatic heterocycles. The number of nitrogens with zero attached hydrogens (tertiary/aromatic N) is 3. The average Bonchev–Trinajstić information content (AvgIpc) is 2.95. The highest BCUT2D eigenvalue weighted by molar-refractivity contribution is 6.01. The van der Waals surface area contributed by atoms with Crippen LogP contribution in [0.2, 0.25) is 0 Å². The van der Waals surface area contributed by atoms with Crippen LogP contribution >= 0.6 is 0 Å². The molecule has 1 aliphatic heterocycles. The van der Waals surface area contributed by atoms with E-state index in [1.807, 2.05) is 13.0 Å². The number of hydrogen-bond donors (Lipinski definition) is 0. The molecule has 4 nitrogen and oxygen atoms in total. The third-order valence-electron chi connectivity index (χ3n) is 4.76. The molecule has 1 aromatic carbocycles. The van der Waals surface area contributed by atoms with Crippen molar-refractivity contribution in [3.63, 3.8) is 0 Å². The van der Waals surface area contributed by atoms with Gasteiger partial charge in [-0.15, -0.1) is 0 Å². The van der Waals surface area contributed by atoms with Crippen molar-refractivity contribution in [2.75, 3.05) is 4.90 Å². The third-order valence-corrected chi connectivity index (χ3v) is 4.76. The first-order valence-electron chi connectivity index (χ1n) is 8.59. The molecule has 0 atom stereocenters. The number of pyridine rings is 2. The first kappa shape index (κ1) is 17.3. The van der Waals surface area contributed by atoms with Crippen LogP contribution in [0, 0.1) is 25.5 Å². The molecular weight excluding hydrogens is 348 g/mol. The number of fused-ring (bicyclic) bond motifs is 1. The Kier molecular flexibility index (Phi) is 4.18. The summed E-state index contributed by atoms with van der Waals surface area (Å²) in [5, 5.41) is 0. The lowest BCUT2D eigenvalue weighted by Crippen LogP contribution is -2.26. The predicted octanol–water partition coefficient (Wildman–Crippen LogP) is 4.13. The molecular formula is C21H17F2N3O. The molecule has 0 bridgehead atoms. The second-order valence-corrected chi connectivity index (χ2v) is 6.75. The van der Waals surface area contributed by atoms with E-state index in [0.29, 0.717) is 23.5 Å². The highest BCUT2D eigenvalue weighted by Gasteiger charge is 2.29. The second-order valence-electron chi connectivity index (χ2n) is 6.75. The van der Waals surface area contributed by atoms with Gasteiger partial charge in [0.05, 0.1) is 24.3 Å². The lowest BCUT2D eigenvalue weighted by molar-refractivity contribution is -0.117. The summed E-state index contributed by atoms with van der Waals surface area (Å²) in [6.07, 6.45) is 5.21. The van der Waals surface area contributed by atoms with Gasteiger partial charge >= 0.3 is 0 Å². The van der Waals surface area contributed by atoms with Gasteiger partial charge < -0.3 is 4.90 Å². The number of rotatable bonds is 3. The van der Waals surface area contributed by atoms with Gasteiger partial charge in [0, 0.05) is 35.3 Å². The summed E-state index contributed by atoms with van der Waals surface area (Å²) in [6, 6.07) is 6.35. The molecule has 0 fully saturated rings. The van der Waals surface area contributed by atoms with Crippen LogP contribution in [0.3, 0.4) is 0 Å². The first-order valence-corrected chi connectivity index (χ1v) is 8.59. The van der Waals surface area contributed by atoms with Crippen LogP contribution in [0.15, 0.2) is 42.9 Å². The summed E-state index contributed by atoms with van der Waals surface area (Å²) in [6.45, 7) is 3.71. The molecule has 3 heterocycles. The Morgan fingerprint density at radius 1 is 1.11 bits per heavy atom. The van der Waals surface area contributed by atoms with Crippen molar-refractivity contribution in [1.82, 2.24) is 9.97 Å². The highest BCUT2D eigenvalue weighted by Crippen LogP contribution is 2.34. The Morgan fingerprint density at radius 3 is 2.70 bits per heavy atom. The Bertz CT molecular complexity index is 1070. The third kappa shape index (κ3) is 3.07. The number of carbonyl (C=O) groups excluding carboxylic acids is 1. The van der Waals surface area contributed by atoms with E-state index in [9.17, 15) is 13.6 Å². The molecule has 1 aliphatic rings. The maximum atomic E-state index is 14.5. The summed E-state index contributed by atoms with van der Waals surface area (Å²) < 4.78 is 28.1. The van der Waals surface area contributed by atoms with Crippen LogP contribution in [0.1, 0.15) is 22.4 Å². The van der Waals surface area contributed by atoms with E-state index >= 15 is 0 Å². The van der Waals surface area contributed by atoms with Crippen molar-refractivity contribution in [3.05, 3.63) is 76.9 Å². The summed E-state index contributed by atoms with van der Waals surface area (Å²) >= 11 is 0. The summed E-state index contributed by atoms with van der Waals surface area (Å²) in [5.41, 5.74) is 3.97. The number of carbonyl (C=O) groups is 1. The molecule has 0 radical (unpaired) electrons. The SMILES string of the molecule is Cc1cncc(CN2C(=O)Cc3ncc(-c4ccc(F)c(C)c4F)cc32)c1. The quantitative estimate of drug-likeness (QED) is 0.701. The summed E-state index contributed by atoms with van der Waals surface area (Å²) in [5.74, 6) is -1.27. The monoisotopic (exact) mass is 365 g/mol. The fraction of sp³-hybridized carbons (Fsp3) is 0.190. The predicted molar refractivity (Wildman–Crippen MR) is 98.2 cm³/mol. The zero-order valence-corrected chi connectivity index (χ0v) is 15.0. The molecule has 0 unspecified atom stereocenters. The number of hydrogen-bond acceptors (Lipinski definition) is 3.